The van der Waals surface area contributed by atoms with Gasteiger partial charge in [0.2, 0.25) is 0 Å². The Bertz CT molecular complexity index is 229. The Morgan fingerprint density at radius 1 is 1.67 bits per heavy atom. The molecule has 0 aromatic carbocycles. The van der Waals surface area contributed by atoms with E-state index in [0.717, 1.165) is 0 Å². The third-order valence-corrected chi connectivity index (χ3v) is 1.11. The quantitative estimate of drug-likeness (QED) is 0.480. The molecule has 0 spiro atoms. The molecule has 1 N–H and O–H groups in total. The summed E-state index contributed by atoms with van der Waals surface area (Å²) in [5.74, 6) is 1.05. The summed E-state index contributed by atoms with van der Waals surface area (Å²) in [6.45, 7) is 0. The summed E-state index contributed by atoms with van der Waals surface area (Å²) >= 11 is 0. The van der Waals surface area contributed by atoms with E-state index in [0.29, 0.717) is 11.6 Å². The number of hydrogen-bond acceptors (Lipinski definition) is 4. The SMILES string of the molecule is OC1N=C2N=CC=C2O1. The lowest BCUT2D eigenvalue weighted by atomic mass is 10.5. The molecule has 9 heavy (non-hydrogen) atoms. The van der Waals surface area contributed by atoms with E-state index in [1.807, 2.05) is 0 Å². The summed E-state index contributed by atoms with van der Waals surface area (Å²) in [5, 5.41) is 8.71. The van der Waals surface area contributed by atoms with Crippen molar-refractivity contribution in [1.29, 1.82) is 0 Å². The highest BCUT2D eigenvalue weighted by molar-refractivity contribution is 6.10. The first-order valence-electron chi connectivity index (χ1n) is 2.53. The molecule has 2 rings (SSSR count). The van der Waals surface area contributed by atoms with Crippen molar-refractivity contribution in [3.05, 3.63) is 11.8 Å². The van der Waals surface area contributed by atoms with Crippen LogP contribution >= 0.6 is 0 Å². The van der Waals surface area contributed by atoms with Crippen molar-refractivity contribution in [3.63, 3.8) is 0 Å². The second-order valence-electron chi connectivity index (χ2n) is 1.71. The molecule has 0 amide bonds. The van der Waals surface area contributed by atoms with Crippen molar-refractivity contribution in [2.45, 2.75) is 6.41 Å². The highest BCUT2D eigenvalue weighted by Crippen LogP contribution is 2.17. The number of rotatable bonds is 0. The van der Waals surface area contributed by atoms with Crippen molar-refractivity contribution in [1.82, 2.24) is 0 Å². The fourth-order valence-corrected chi connectivity index (χ4v) is 0.747. The predicted molar refractivity (Wildman–Crippen MR) is 31.1 cm³/mol. The molecule has 2 aliphatic heterocycles. The average Bonchev–Trinajstić information content (AvgIpc) is 2.22. The van der Waals surface area contributed by atoms with Gasteiger partial charge in [-0.2, -0.15) is 4.99 Å². The Morgan fingerprint density at radius 3 is 3.33 bits per heavy atom. The molecule has 4 nitrogen and oxygen atoms in total. The van der Waals surface area contributed by atoms with Crippen LogP contribution in [-0.4, -0.2) is 23.6 Å². The molecular formula is C5H4N2O2. The monoisotopic (exact) mass is 124 g/mol. The summed E-state index contributed by atoms with van der Waals surface area (Å²) in [6, 6.07) is 0. The molecule has 0 aliphatic carbocycles. The smallest absolute Gasteiger partial charge is 0.301 e. The molecule has 1 unspecified atom stereocenters. The summed E-state index contributed by atoms with van der Waals surface area (Å²) in [5.41, 5.74) is 0. The fraction of sp³-hybridized carbons (Fsp3) is 0.200. The predicted octanol–water partition coefficient (Wildman–Crippen LogP) is -0.341. The lowest BCUT2D eigenvalue weighted by Crippen LogP contribution is -1.99. The molecule has 0 bridgehead atoms. The van der Waals surface area contributed by atoms with Gasteiger partial charge in [0.25, 0.3) is 0 Å². The normalized spacial score (nSPS) is 29.2. The highest BCUT2D eigenvalue weighted by Gasteiger charge is 2.22. The minimum absolute atomic E-state index is 0.488. The largest absolute Gasteiger partial charge is 0.441 e. The zero-order chi connectivity index (χ0) is 6.27. The molecule has 2 aliphatic rings. The van der Waals surface area contributed by atoms with E-state index >= 15 is 0 Å². The third kappa shape index (κ3) is 0.565. The molecule has 0 aromatic heterocycles. The third-order valence-electron chi connectivity index (χ3n) is 1.11. The molecular weight excluding hydrogens is 120 g/mol. The van der Waals surface area contributed by atoms with Crippen molar-refractivity contribution in [3.8, 4) is 0 Å². The van der Waals surface area contributed by atoms with Crippen molar-refractivity contribution in [2.24, 2.45) is 9.98 Å². The zero-order valence-electron chi connectivity index (χ0n) is 4.48. The number of fused-ring (bicyclic) bond motifs is 1. The first-order chi connectivity index (χ1) is 4.36. The number of allylic oxidation sites excluding steroid dienone is 1. The van der Waals surface area contributed by atoms with Gasteiger partial charge in [-0.3, -0.25) is 0 Å². The van der Waals surface area contributed by atoms with Crippen molar-refractivity contribution in [2.75, 3.05) is 0 Å². The minimum atomic E-state index is -1.04. The first-order valence-corrected chi connectivity index (χ1v) is 2.53. The van der Waals surface area contributed by atoms with E-state index in [4.69, 9.17) is 9.84 Å². The first kappa shape index (κ1) is 4.69. The van der Waals surface area contributed by atoms with Crippen LogP contribution in [0.25, 0.3) is 0 Å². The molecule has 0 saturated heterocycles. The van der Waals surface area contributed by atoms with Crippen LogP contribution in [0, 0.1) is 0 Å². The van der Waals surface area contributed by atoms with Gasteiger partial charge in [-0.1, -0.05) is 0 Å². The van der Waals surface area contributed by atoms with Crippen LogP contribution in [0.4, 0.5) is 0 Å². The molecule has 46 valence electrons. The molecule has 0 fully saturated rings. The summed E-state index contributed by atoms with van der Waals surface area (Å²) in [6.07, 6.45) is 2.21. The van der Waals surface area contributed by atoms with Gasteiger partial charge in [0.05, 0.1) is 0 Å². The zero-order valence-corrected chi connectivity index (χ0v) is 4.48. The van der Waals surface area contributed by atoms with Crippen LogP contribution in [0.15, 0.2) is 21.8 Å². The van der Waals surface area contributed by atoms with Gasteiger partial charge in [-0.05, 0) is 0 Å². The second kappa shape index (κ2) is 1.41. The summed E-state index contributed by atoms with van der Waals surface area (Å²) in [4.78, 5) is 7.43. The Morgan fingerprint density at radius 2 is 2.56 bits per heavy atom. The van der Waals surface area contributed by atoms with E-state index in [-0.39, 0.29) is 0 Å². The molecule has 0 saturated carbocycles. The van der Waals surface area contributed by atoms with E-state index < -0.39 is 6.41 Å². The second-order valence-corrected chi connectivity index (χ2v) is 1.71. The van der Waals surface area contributed by atoms with Crippen LogP contribution in [0.3, 0.4) is 0 Å². The number of ether oxygens (including phenoxy) is 1. The Kier molecular flexibility index (Phi) is 0.738. The average molecular weight is 124 g/mol. The van der Waals surface area contributed by atoms with Crippen molar-refractivity contribution >= 4 is 12.1 Å². The van der Waals surface area contributed by atoms with Crippen LogP contribution in [0.2, 0.25) is 0 Å². The lowest BCUT2D eigenvalue weighted by Gasteiger charge is -1.96. The van der Waals surface area contributed by atoms with Crippen LogP contribution in [0.5, 0.6) is 0 Å². The molecule has 4 heteroatoms. The Hall–Kier alpha value is -1.16. The van der Waals surface area contributed by atoms with E-state index in [1.165, 1.54) is 0 Å². The van der Waals surface area contributed by atoms with Crippen LogP contribution in [0.1, 0.15) is 0 Å². The Labute approximate surface area is 51.2 Å². The maximum atomic E-state index is 8.71. The number of aliphatic hydroxyl groups is 1. The molecule has 1 atom stereocenters. The van der Waals surface area contributed by atoms with Gasteiger partial charge in [0.15, 0.2) is 11.6 Å². The maximum absolute atomic E-state index is 8.71. The standard InChI is InChI=1S/C5H4N2O2/c8-5-7-4-3(9-5)1-2-6-4/h1-2,5,8H. The Balaban J connectivity index is 2.40. The van der Waals surface area contributed by atoms with Gasteiger partial charge in [-0.25, -0.2) is 4.99 Å². The van der Waals surface area contributed by atoms with E-state index in [2.05, 4.69) is 9.98 Å². The summed E-state index contributed by atoms with van der Waals surface area (Å²) < 4.78 is 4.77. The van der Waals surface area contributed by atoms with Gasteiger partial charge >= 0.3 is 6.41 Å². The van der Waals surface area contributed by atoms with E-state index in [1.54, 1.807) is 12.3 Å². The number of aliphatic hydroxyl groups excluding tert-OH is 1. The molecule has 0 aromatic rings. The number of amidine groups is 1. The molecule has 0 radical (unpaired) electrons. The molecule has 2 heterocycles. The number of aliphatic imine (C=N–C) groups is 2. The minimum Gasteiger partial charge on any atom is -0.441 e. The van der Waals surface area contributed by atoms with Gasteiger partial charge < -0.3 is 9.84 Å². The summed E-state index contributed by atoms with van der Waals surface area (Å²) in [7, 11) is 0. The van der Waals surface area contributed by atoms with Gasteiger partial charge in [-0.15, -0.1) is 0 Å². The van der Waals surface area contributed by atoms with Crippen LogP contribution < -0.4 is 0 Å². The number of nitrogens with zero attached hydrogens (tertiary/aromatic N) is 2. The topological polar surface area (TPSA) is 54.2 Å². The lowest BCUT2D eigenvalue weighted by molar-refractivity contribution is -0.0379. The van der Waals surface area contributed by atoms with Crippen LogP contribution in [-0.2, 0) is 4.74 Å². The van der Waals surface area contributed by atoms with E-state index in [9.17, 15) is 0 Å². The van der Waals surface area contributed by atoms with Crippen molar-refractivity contribution < 1.29 is 9.84 Å². The fourth-order valence-electron chi connectivity index (χ4n) is 0.747. The number of hydrogen-bond donors (Lipinski definition) is 1. The highest BCUT2D eigenvalue weighted by atomic mass is 16.6. The van der Waals surface area contributed by atoms with Gasteiger partial charge in [0.1, 0.15) is 0 Å². The van der Waals surface area contributed by atoms with Gasteiger partial charge in [0, 0.05) is 12.3 Å². The maximum Gasteiger partial charge on any atom is 0.301 e.